The summed E-state index contributed by atoms with van der Waals surface area (Å²) in [6, 6.07) is 0.489. The van der Waals surface area contributed by atoms with Gasteiger partial charge >= 0.3 is 0 Å². The first-order valence-electron chi connectivity index (χ1n) is 8.18. The lowest BCUT2D eigenvalue weighted by molar-refractivity contribution is 0.257. The van der Waals surface area contributed by atoms with Crippen molar-refractivity contribution in [3.8, 4) is 0 Å². The van der Waals surface area contributed by atoms with E-state index in [9.17, 15) is 8.42 Å². The van der Waals surface area contributed by atoms with Gasteiger partial charge in [0, 0.05) is 24.7 Å². The van der Waals surface area contributed by atoms with Gasteiger partial charge in [0.1, 0.15) is 0 Å². The minimum absolute atomic E-state index is 0.371. The number of rotatable bonds is 8. The van der Waals surface area contributed by atoms with Gasteiger partial charge in [0.05, 0.1) is 0 Å². The van der Waals surface area contributed by atoms with Gasteiger partial charge in [-0.2, -0.15) is 17.4 Å². The van der Waals surface area contributed by atoms with Crippen molar-refractivity contribution in [3.05, 3.63) is 0 Å². The van der Waals surface area contributed by atoms with E-state index in [0.717, 1.165) is 32.2 Å². The predicted molar refractivity (Wildman–Crippen MR) is 88.5 cm³/mol. The van der Waals surface area contributed by atoms with Gasteiger partial charge in [-0.1, -0.05) is 27.2 Å². The van der Waals surface area contributed by atoms with Crippen molar-refractivity contribution >= 4 is 10.2 Å². The van der Waals surface area contributed by atoms with Crippen LogP contribution in [0.15, 0.2) is 0 Å². The molecular weight excluding hydrogens is 286 g/mol. The van der Waals surface area contributed by atoms with Crippen LogP contribution in [0.25, 0.3) is 0 Å². The summed E-state index contributed by atoms with van der Waals surface area (Å²) >= 11 is 0. The first-order chi connectivity index (χ1) is 9.66. The summed E-state index contributed by atoms with van der Waals surface area (Å²) in [6.45, 7) is 12.5. The predicted octanol–water partition coefficient (Wildman–Crippen LogP) is 2.11. The molecule has 1 rings (SSSR count). The summed E-state index contributed by atoms with van der Waals surface area (Å²) in [6.07, 6.45) is 3.70. The van der Waals surface area contributed by atoms with E-state index in [1.165, 1.54) is 0 Å². The Hall–Kier alpha value is -0.170. The summed E-state index contributed by atoms with van der Waals surface area (Å²) < 4.78 is 29.4. The third-order valence-corrected chi connectivity index (χ3v) is 5.86. The maximum absolute atomic E-state index is 12.4. The zero-order chi connectivity index (χ0) is 16.1. The highest BCUT2D eigenvalue weighted by molar-refractivity contribution is 7.87. The number of nitrogens with one attached hydrogen (secondary N) is 2. The van der Waals surface area contributed by atoms with Crippen LogP contribution in [-0.2, 0) is 10.2 Å². The molecule has 0 radical (unpaired) electrons. The van der Waals surface area contributed by atoms with Gasteiger partial charge in [0.15, 0.2) is 0 Å². The molecular formula is C15H33N3O2S. The minimum atomic E-state index is -3.35. The minimum Gasteiger partial charge on any atom is -0.314 e. The van der Waals surface area contributed by atoms with E-state index >= 15 is 0 Å². The fourth-order valence-corrected chi connectivity index (χ4v) is 4.47. The summed E-state index contributed by atoms with van der Waals surface area (Å²) in [5.74, 6) is 0.586. The van der Waals surface area contributed by atoms with E-state index < -0.39 is 10.2 Å². The van der Waals surface area contributed by atoms with Crippen LogP contribution in [-0.4, -0.2) is 43.9 Å². The molecule has 1 saturated heterocycles. The number of hydrogen-bond donors (Lipinski definition) is 2. The molecule has 0 aromatic carbocycles. The first-order valence-corrected chi connectivity index (χ1v) is 9.62. The van der Waals surface area contributed by atoms with Crippen LogP contribution in [0.3, 0.4) is 0 Å². The molecule has 0 unspecified atom stereocenters. The van der Waals surface area contributed by atoms with Gasteiger partial charge in [-0.05, 0) is 45.6 Å². The maximum Gasteiger partial charge on any atom is 0.279 e. The molecule has 0 atom stereocenters. The van der Waals surface area contributed by atoms with Crippen LogP contribution in [0.5, 0.6) is 0 Å². The summed E-state index contributed by atoms with van der Waals surface area (Å²) in [5.41, 5.74) is -0.371. The van der Waals surface area contributed by atoms with Crippen LogP contribution in [0.1, 0.15) is 60.3 Å². The van der Waals surface area contributed by atoms with Gasteiger partial charge in [-0.3, -0.25) is 0 Å². The average molecular weight is 320 g/mol. The Labute approximate surface area is 131 Å². The molecule has 1 aliphatic rings. The Morgan fingerprint density at radius 1 is 1.24 bits per heavy atom. The Bertz CT molecular complexity index is 399. The van der Waals surface area contributed by atoms with Crippen molar-refractivity contribution in [2.45, 2.75) is 71.9 Å². The van der Waals surface area contributed by atoms with Gasteiger partial charge in [0.25, 0.3) is 10.2 Å². The molecule has 1 heterocycles. The quantitative estimate of drug-likeness (QED) is 0.720. The normalized spacial score (nSPS) is 19.3. The largest absolute Gasteiger partial charge is 0.314 e. The average Bonchev–Trinajstić information content (AvgIpc) is 2.35. The lowest BCUT2D eigenvalue weighted by Gasteiger charge is -2.34. The summed E-state index contributed by atoms with van der Waals surface area (Å²) in [4.78, 5) is 0. The molecule has 21 heavy (non-hydrogen) atoms. The molecule has 1 fully saturated rings. The number of nitrogens with zero attached hydrogens (tertiary/aromatic N) is 1. The third kappa shape index (κ3) is 6.63. The first kappa shape index (κ1) is 18.9. The second-order valence-electron chi connectivity index (χ2n) is 7.15. The highest BCUT2D eigenvalue weighted by Gasteiger charge is 2.32. The van der Waals surface area contributed by atoms with E-state index in [2.05, 4.69) is 30.8 Å². The summed E-state index contributed by atoms with van der Waals surface area (Å²) in [5, 5.41) is 3.44. The maximum atomic E-state index is 12.4. The molecule has 0 bridgehead atoms. The Balaban J connectivity index is 2.49. The van der Waals surface area contributed by atoms with E-state index in [4.69, 9.17) is 0 Å². The molecule has 0 aromatic rings. The summed E-state index contributed by atoms with van der Waals surface area (Å²) in [7, 11) is -3.35. The zero-order valence-electron chi connectivity index (χ0n) is 14.3. The van der Waals surface area contributed by atoms with Crippen molar-refractivity contribution in [3.63, 3.8) is 0 Å². The van der Waals surface area contributed by atoms with E-state index in [-0.39, 0.29) is 5.54 Å². The molecule has 0 spiro atoms. The van der Waals surface area contributed by atoms with Gasteiger partial charge in [0.2, 0.25) is 0 Å². The lowest BCUT2D eigenvalue weighted by atomic mass is 9.98. The molecule has 6 heteroatoms. The van der Waals surface area contributed by atoms with Crippen molar-refractivity contribution < 1.29 is 8.42 Å². The van der Waals surface area contributed by atoms with Crippen LogP contribution in [0.4, 0.5) is 0 Å². The molecule has 0 saturated carbocycles. The van der Waals surface area contributed by atoms with Crippen molar-refractivity contribution in [2.24, 2.45) is 5.92 Å². The second kappa shape index (κ2) is 7.90. The number of hydrogen-bond acceptors (Lipinski definition) is 3. The smallest absolute Gasteiger partial charge is 0.279 e. The molecule has 126 valence electrons. The van der Waals surface area contributed by atoms with Crippen LogP contribution in [0, 0.1) is 5.92 Å². The molecule has 0 aromatic heterocycles. The molecule has 1 aliphatic heterocycles. The molecule has 0 aliphatic carbocycles. The van der Waals surface area contributed by atoms with E-state index in [0.29, 0.717) is 25.0 Å². The molecule has 0 amide bonds. The Morgan fingerprint density at radius 3 is 2.29 bits per heavy atom. The highest BCUT2D eigenvalue weighted by Crippen LogP contribution is 2.21. The third-order valence-electron chi connectivity index (χ3n) is 4.01. The van der Waals surface area contributed by atoms with Gasteiger partial charge in [-0.15, -0.1) is 0 Å². The van der Waals surface area contributed by atoms with E-state index in [1.807, 2.05) is 13.8 Å². The van der Waals surface area contributed by atoms with Crippen molar-refractivity contribution in [1.82, 2.24) is 14.3 Å². The topological polar surface area (TPSA) is 61.4 Å². The Morgan fingerprint density at radius 2 is 1.81 bits per heavy atom. The van der Waals surface area contributed by atoms with Crippen LogP contribution >= 0.6 is 0 Å². The van der Waals surface area contributed by atoms with Gasteiger partial charge < -0.3 is 5.32 Å². The van der Waals surface area contributed by atoms with Crippen molar-refractivity contribution in [1.29, 1.82) is 0 Å². The Kier molecular flexibility index (Phi) is 7.10. The van der Waals surface area contributed by atoms with Gasteiger partial charge in [-0.25, -0.2) is 0 Å². The van der Waals surface area contributed by atoms with Crippen molar-refractivity contribution in [2.75, 3.05) is 19.6 Å². The van der Waals surface area contributed by atoms with E-state index in [1.54, 1.807) is 4.31 Å². The SMILES string of the molecule is CCCC(C)(C)NS(=O)(=O)N1CCC(CNC(C)C)CC1. The fraction of sp³-hybridized carbons (Fsp3) is 1.00. The molecule has 5 nitrogen and oxygen atoms in total. The fourth-order valence-electron chi connectivity index (χ4n) is 2.85. The molecule has 2 N–H and O–H groups in total. The van der Waals surface area contributed by atoms with Crippen LogP contribution < -0.4 is 10.0 Å². The van der Waals surface area contributed by atoms with Crippen LogP contribution in [0.2, 0.25) is 0 Å². The monoisotopic (exact) mass is 319 g/mol. The zero-order valence-corrected chi connectivity index (χ0v) is 15.1. The highest BCUT2D eigenvalue weighted by atomic mass is 32.2. The number of piperidine rings is 1. The second-order valence-corrected chi connectivity index (χ2v) is 8.82. The standard InChI is InChI=1S/C15H33N3O2S/c1-6-9-15(4,5)17-21(19,20)18-10-7-14(8-11-18)12-16-13(2)3/h13-14,16-17H,6-12H2,1-5H3. The lowest BCUT2D eigenvalue weighted by Crippen LogP contribution is -2.52.